The van der Waals surface area contributed by atoms with Gasteiger partial charge in [0.05, 0.1) is 28.5 Å². The lowest BCUT2D eigenvalue weighted by Gasteiger charge is -2.34. The summed E-state index contributed by atoms with van der Waals surface area (Å²) >= 11 is 37.8. The molecule has 2 bridgehead atoms. The van der Waals surface area contributed by atoms with Gasteiger partial charge in [-0.1, -0.05) is 52.5 Å². The van der Waals surface area contributed by atoms with E-state index in [0.717, 1.165) is 0 Å². The number of allylic oxidation sites excluding steroid dienone is 2. The summed E-state index contributed by atoms with van der Waals surface area (Å²) < 4.78 is -1.93. The smallest absolute Gasteiger partial charge is 0.259 e. The van der Waals surface area contributed by atoms with E-state index in [9.17, 15) is 9.59 Å². The molecule has 0 aromatic heterocycles. The molecule has 1 heterocycles. The van der Waals surface area contributed by atoms with Gasteiger partial charge in [0, 0.05) is 0 Å². The van der Waals surface area contributed by atoms with Crippen LogP contribution in [0.1, 0.15) is 0 Å². The minimum atomic E-state index is -1.93. The molecule has 2 aliphatic carbocycles. The first-order chi connectivity index (χ1) is 10.1. The fourth-order valence-electron chi connectivity index (χ4n) is 3.22. The summed E-state index contributed by atoms with van der Waals surface area (Å²) in [5.74, 6) is -3.78. The van der Waals surface area contributed by atoms with Crippen molar-refractivity contribution in [3.63, 3.8) is 0 Å². The van der Waals surface area contributed by atoms with E-state index in [2.05, 4.69) is 6.58 Å². The van der Waals surface area contributed by atoms with Crippen molar-refractivity contribution in [1.29, 1.82) is 0 Å². The van der Waals surface area contributed by atoms with Crippen molar-refractivity contribution in [3.8, 4) is 0 Å². The lowest BCUT2D eigenvalue weighted by atomic mass is 9.84. The van der Waals surface area contributed by atoms with E-state index in [0.29, 0.717) is 5.06 Å². The Morgan fingerprint density at radius 1 is 1.05 bits per heavy atom. The number of hydrogen-bond donors (Lipinski definition) is 0. The molecule has 2 fully saturated rings. The molecule has 0 spiro atoms. The van der Waals surface area contributed by atoms with Gasteiger partial charge in [0.1, 0.15) is 9.75 Å². The second-order valence-corrected chi connectivity index (χ2v) is 8.41. The number of hydrogen-bond acceptors (Lipinski definition) is 3. The molecule has 10 heteroatoms. The zero-order valence-corrected chi connectivity index (χ0v) is 15.1. The average Bonchev–Trinajstić information content (AvgIpc) is 2.83. The molecule has 3 aliphatic rings. The van der Waals surface area contributed by atoms with Crippen LogP contribution in [0.15, 0.2) is 22.7 Å². The van der Waals surface area contributed by atoms with Crippen LogP contribution in [0.25, 0.3) is 0 Å². The number of rotatable bonds is 3. The Labute approximate surface area is 155 Å². The highest BCUT2D eigenvalue weighted by atomic mass is 35.5. The van der Waals surface area contributed by atoms with Crippen LogP contribution in [-0.2, 0) is 14.4 Å². The van der Waals surface area contributed by atoms with E-state index in [4.69, 9.17) is 74.4 Å². The molecule has 2 amide bonds. The van der Waals surface area contributed by atoms with Crippen molar-refractivity contribution in [2.75, 3.05) is 6.61 Å². The Balaban J connectivity index is 2.17. The van der Waals surface area contributed by atoms with Gasteiger partial charge in [0.25, 0.3) is 11.8 Å². The summed E-state index contributed by atoms with van der Waals surface area (Å²) in [5, 5.41) is 0.320. The van der Waals surface area contributed by atoms with Crippen LogP contribution in [0.2, 0.25) is 0 Å². The molecule has 0 N–H and O–H groups in total. The number of amides is 2. The highest BCUT2D eigenvalue weighted by Crippen LogP contribution is 2.77. The summed E-state index contributed by atoms with van der Waals surface area (Å²) in [6.07, 6.45) is 1.38. The Morgan fingerprint density at radius 3 is 1.82 bits per heavy atom. The molecule has 4 nitrogen and oxygen atoms in total. The van der Waals surface area contributed by atoms with Gasteiger partial charge < -0.3 is 0 Å². The van der Waals surface area contributed by atoms with Crippen LogP contribution in [0.3, 0.4) is 0 Å². The van der Waals surface area contributed by atoms with Crippen molar-refractivity contribution < 1.29 is 14.4 Å². The van der Waals surface area contributed by atoms with E-state index in [1.165, 1.54) is 6.08 Å². The predicted octanol–water partition coefficient (Wildman–Crippen LogP) is 3.55. The van der Waals surface area contributed by atoms with Crippen molar-refractivity contribution in [1.82, 2.24) is 5.06 Å². The molecule has 1 saturated heterocycles. The topological polar surface area (TPSA) is 46.6 Å². The summed E-state index contributed by atoms with van der Waals surface area (Å²) in [5.41, 5.74) is 0. The number of imide groups is 1. The fraction of sp³-hybridized carbons (Fsp3) is 0.500. The quantitative estimate of drug-likeness (QED) is 0.394. The highest BCUT2D eigenvalue weighted by Gasteiger charge is 2.87. The van der Waals surface area contributed by atoms with Crippen LogP contribution in [0.4, 0.5) is 0 Å². The monoisotopic (exact) mass is 423 g/mol. The van der Waals surface area contributed by atoms with Crippen molar-refractivity contribution in [2.45, 2.75) is 14.1 Å². The number of carbonyl (C=O) groups excluding carboxylic acids is 2. The maximum absolute atomic E-state index is 12.5. The zero-order chi connectivity index (χ0) is 16.7. The lowest BCUT2D eigenvalue weighted by Crippen LogP contribution is -2.50. The van der Waals surface area contributed by atoms with Gasteiger partial charge in [-0.25, -0.2) is 0 Å². The fourth-order valence-corrected chi connectivity index (χ4v) is 6.15. The summed E-state index contributed by atoms with van der Waals surface area (Å²) in [4.78, 5) is 26.5. The molecule has 0 aromatic rings. The van der Waals surface area contributed by atoms with Gasteiger partial charge >= 0.3 is 0 Å². The van der Waals surface area contributed by atoms with Gasteiger partial charge in [0.15, 0.2) is 4.33 Å². The van der Waals surface area contributed by atoms with Gasteiger partial charge in [-0.2, -0.15) is 5.06 Å². The Kier molecular flexibility index (Phi) is 3.83. The maximum atomic E-state index is 12.5. The van der Waals surface area contributed by atoms with Crippen molar-refractivity contribution in [2.24, 2.45) is 11.8 Å². The molecule has 1 aliphatic heterocycles. The largest absolute Gasteiger partial charge is 0.272 e. The van der Waals surface area contributed by atoms with Gasteiger partial charge in [-0.05, 0) is 0 Å². The van der Waals surface area contributed by atoms with E-state index in [1.54, 1.807) is 0 Å². The molecular weight excluding hydrogens is 419 g/mol. The zero-order valence-electron chi connectivity index (χ0n) is 10.6. The number of fused-ring (bicyclic) bond motifs is 5. The van der Waals surface area contributed by atoms with Crippen LogP contribution in [-0.4, -0.2) is 37.6 Å². The minimum absolute atomic E-state index is 0.0523. The lowest BCUT2D eigenvalue weighted by molar-refractivity contribution is -0.186. The third-order valence-corrected chi connectivity index (χ3v) is 8.45. The van der Waals surface area contributed by atoms with E-state index in [1.807, 2.05) is 0 Å². The van der Waals surface area contributed by atoms with Crippen LogP contribution in [0, 0.1) is 11.8 Å². The van der Waals surface area contributed by atoms with Crippen LogP contribution >= 0.6 is 69.6 Å². The number of nitrogens with zero attached hydrogens (tertiary/aromatic N) is 1. The van der Waals surface area contributed by atoms with Crippen molar-refractivity contribution in [3.05, 3.63) is 22.7 Å². The molecule has 0 unspecified atom stereocenters. The third kappa shape index (κ3) is 1.53. The summed E-state index contributed by atoms with van der Waals surface area (Å²) in [7, 11) is 0. The number of halogens is 6. The molecule has 120 valence electrons. The Morgan fingerprint density at radius 2 is 1.45 bits per heavy atom. The van der Waals surface area contributed by atoms with E-state index >= 15 is 0 Å². The standard InChI is InChI=1S/C12H7Cl6NO3/c1-2-3-22-19-8(20)4-5(9(19)21)11(16)7(14)6(13)10(4,15)12(11,17)18/h2,4-5H,1,3H2/t4-,5+,10-,11-/m0/s1. The van der Waals surface area contributed by atoms with Gasteiger partial charge in [-0.3, -0.25) is 14.4 Å². The molecule has 0 aromatic carbocycles. The Hall–Kier alpha value is 0.320. The van der Waals surface area contributed by atoms with Gasteiger partial charge in [0.2, 0.25) is 0 Å². The SMILES string of the molecule is C=CCON1C(=O)[C@@H]2[C@H](C1=O)[C@]1(Cl)C(Cl)=C(Cl)[C@]2(Cl)C1(Cl)Cl. The van der Waals surface area contributed by atoms with Gasteiger partial charge in [-0.15, -0.1) is 29.8 Å². The Bertz CT molecular complexity index is 603. The van der Waals surface area contributed by atoms with E-state index < -0.39 is 37.7 Å². The molecular formula is C12H7Cl6NO3. The number of alkyl halides is 4. The van der Waals surface area contributed by atoms with Crippen molar-refractivity contribution >= 4 is 81.4 Å². The number of hydroxylamine groups is 2. The average molecular weight is 426 g/mol. The molecule has 4 atom stereocenters. The second-order valence-electron chi connectivity index (χ2n) is 5.14. The molecule has 1 saturated carbocycles. The second kappa shape index (κ2) is 4.92. The normalized spacial score (nSPS) is 42.4. The molecule has 0 radical (unpaired) electrons. The predicted molar refractivity (Wildman–Crippen MR) is 85.3 cm³/mol. The minimum Gasteiger partial charge on any atom is -0.272 e. The first-order valence-corrected chi connectivity index (χ1v) is 8.28. The van der Waals surface area contributed by atoms with Crippen LogP contribution in [0.5, 0.6) is 0 Å². The summed E-state index contributed by atoms with van der Waals surface area (Å²) in [6.45, 7) is 3.39. The maximum Gasteiger partial charge on any atom is 0.259 e. The number of carbonyl (C=O) groups is 2. The van der Waals surface area contributed by atoms with Crippen LogP contribution < -0.4 is 0 Å². The first kappa shape index (κ1) is 17.2. The third-order valence-electron chi connectivity index (χ3n) is 4.19. The molecule has 22 heavy (non-hydrogen) atoms. The first-order valence-electron chi connectivity index (χ1n) is 6.02. The molecule has 3 rings (SSSR count). The van der Waals surface area contributed by atoms with E-state index in [-0.39, 0.29) is 16.7 Å². The highest BCUT2D eigenvalue weighted by molar-refractivity contribution is 6.66. The summed E-state index contributed by atoms with van der Waals surface area (Å²) in [6, 6.07) is 0.